The number of hydrogen-bond acceptors (Lipinski definition) is 1. The molecule has 0 unspecified atom stereocenters. The fraction of sp³-hybridized carbons (Fsp3) is 0.100. The van der Waals surface area contributed by atoms with Crippen LogP contribution in [0.4, 0.5) is 0 Å². The third-order valence-electron chi connectivity index (χ3n) is 2.08. The Balaban J connectivity index is 2.86. The van der Waals surface area contributed by atoms with Crippen LogP contribution in [0.15, 0.2) is 31.1 Å². The van der Waals surface area contributed by atoms with Gasteiger partial charge >= 0.3 is 0 Å². The average molecular weight is 158 g/mol. The van der Waals surface area contributed by atoms with Gasteiger partial charge in [0.25, 0.3) is 0 Å². The molecule has 2 heteroatoms. The second kappa shape index (κ2) is 2.48. The Morgan fingerprint density at radius 2 is 2.33 bits per heavy atom. The Kier molecular flexibility index (Phi) is 1.47. The second-order valence-electron chi connectivity index (χ2n) is 2.73. The number of imidazole rings is 1. The fourth-order valence-corrected chi connectivity index (χ4v) is 1.36. The molecule has 2 aromatic rings. The zero-order valence-corrected chi connectivity index (χ0v) is 6.99. The van der Waals surface area contributed by atoms with Crippen molar-refractivity contribution >= 4 is 11.7 Å². The molecular weight excluding hydrogens is 148 g/mol. The molecular formula is C10H10N2. The number of rotatable bonds is 1. The summed E-state index contributed by atoms with van der Waals surface area (Å²) in [6.45, 7) is 5.81. The Morgan fingerprint density at radius 3 is 3.08 bits per heavy atom. The molecule has 0 spiro atoms. The SMILES string of the molecule is C=Cc1ccc2nccn2c1C. The summed E-state index contributed by atoms with van der Waals surface area (Å²) in [7, 11) is 0. The minimum absolute atomic E-state index is 0.984. The number of aromatic nitrogens is 2. The van der Waals surface area contributed by atoms with Crippen molar-refractivity contribution in [3.05, 3.63) is 42.4 Å². The molecule has 0 aliphatic heterocycles. The van der Waals surface area contributed by atoms with Gasteiger partial charge in [0.2, 0.25) is 0 Å². The standard InChI is InChI=1S/C10H10N2/c1-3-9-4-5-10-11-6-7-12(10)8(9)2/h3-7H,1H2,2H3. The first-order valence-corrected chi connectivity index (χ1v) is 3.88. The van der Waals surface area contributed by atoms with E-state index in [1.165, 1.54) is 5.69 Å². The summed E-state index contributed by atoms with van der Waals surface area (Å²) >= 11 is 0. The summed E-state index contributed by atoms with van der Waals surface area (Å²) in [6.07, 6.45) is 5.61. The van der Waals surface area contributed by atoms with E-state index in [-0.39, 0.29) is 0 Å². The summed E-state index contributed by atoms with van der Waals surface area (Å²) in [5.41, 5.74) is 3.32. The molecule has 2 rings (SSSR count). The van der Waals surface area contributed by atoms with E-state index in [2.05, 4.69) is 22.9 Å². The maximum absolute atomic E-state index is 4.18. The number of aryl methyl sites for hydroxylation is 1. The predicted octanol–water partition coefficient (Wildman–Crippen LogP) is 2.29. The molecule has 2 nitrogen and oxygen atoms in total. The van der Waals surface area contributed by atoms with E-state index in [9.17, 15) is 0 Å². The lowest BCUT2D eigenvalue weighted by atomic mass is 10.2. The van der Waals surface area contributed by atoms with Gasteiger partial charge in [-0.25, -0.2) is 4.98 Å². The van der Waals surface area contributed by atoms with Crippen LogP contribution in [0.25, 0.3) is 11.7 Å². The van der Waals surface area contributed by atoms with E-state index in [1.54, 1.807) is 6.20 Å². The van der Waals surface area contributed by atoms with Gasteiger partial charge in [-0.1, -0.05) is 12.7 Å². The van der Waals surface area contributed by atoms with Crippen molar-refractivity contribution in [3.8, 4) is 0 Å². The first kappa shape index (κ1) is 7.10. The van der Waals surface area contributed by atoms with Crippen molar-refractivity contribution in [1.29, 1.82) is 0 Å². The predicted molar refractivity (Wildman–Crippen MR) is 50.0 cm³/mol. The summed E-state index contributed by atoms with van der Waals surface area (Å²) in [5.74, 6) is 0. The van der Waals surface area contributed by atoms with Crippen LogP contribution in [-0.4, -0.2) is 9.38 Å². The van der Waals surface area contributed by atoms with Gasteiger partial charge in [-0.2, -0.15) is 0 Å². The highest BCUT2D eigenvalue weighted by atomic mass is 15.0. The molecule has 0 N–H and O–H groups in total. The lowest BCUT2D eigenvalue weighted by molar-refractivity contribution is 1.09. The van der Waals surface area contributed by atoms with E-state index in [0.29, 0.717) is 0 Å². The third-order valence-corrected chi connectivity index (χ3v) is 2.08. The molecule has 60 valence electrons. The molecule has 0 fully saturated rings. The normalized spacial score (nSPS) is 10.4. The Morgan fingerprint density at radius 1 is 1.50 bits per heavy atom. The van der Waals surface area contributed by atoms with Crippen molar-refractivity contribution in [3.63, 3.8) is 0 Å². The van der Waals surface area contributed by atoms with Crippen LogP contribution in [0, 0.1) is 6.92 Å². The lowest BCUT2D eigenvalue weighted by Gasteiger charge is -2.02. The fourth-order valence-electron chi connectivity index (χ4n) is 1.36. The molecule has 2 aromatic heterocycles. The maximum atomic E-state index is 4.18. The van der Waals surface area contributed by atoms with Crippen LogP contribution >= 0.6 is 0 Å². The molecule has 12 heavy (non-hydrogen) atoms. The van der Waals surface area contributed by atoms with Gasteiger partial charge in [0.05, 0.1) is 0 Å². The summed E-state index contributed by atoms with van der Waals surface area (Å²) in [6, 6.07) is 4.02. The van der Waals surface area contributed by atoms with Crippen molar-refractivity contribution in [1.82, 2.24) is 9.38 Å². The minimum Gasteiger partial charge on any atom is -0.304 e. The second-order valence-corrected chi connectivity index (χ2v) is 2.73. The van der Waals surface area contributed by atoms with E-state index in [0.717, 1.165) is 11.2 Å². The van der Waals surface area contributed by atoms with Gasteiger partial charge in [0.1, 0.15) is 5.65 Å². The first-order chi connectivity index (χ1) is 5.83. The molecule has 2 heterocycles. The number of nitrogens with zero attached hydrogens (tertiary/aromatic N) is 2. The van der Waals surface area contributed by atoms with Crippen LogP contribution in [0.1, 0.15) is 11.3 Å². The summed E-state index contributed by atoms with van der Waals surface area (Å²) in [4.78, 5) is 4.18. The smallest absolute Gasteiger partial charge is 0.136 e. The zero-order valence-electron chi connectivity index (χ0n) is 6.99. The van der Waals surface area contributed by atoms with Gasteiger partial charge in [0.15, 0.2) is 0 Å². The monoisotopic (exact) mass is 158 g/mol. The van der Waals surface area contributed by atoms with Crippen molar-refractivity contribution in [2.75, 3.05) is 0 Å². The van der Waals surface area contributed by atoms with Crippen LogP contribution in [0.2, 0.25) is 0 Å². The van der Waals surface area contributed by atoms with Crippen molar-refractivity contribution < 1.29 is 0 Å². The van der Waals surface area contributed by atoms with Crippen molar-refractivity contribution in [2.45, 2.75) is 6.92 Å². The Hall–Kier alpha value is -1.57. The molecule has 0 atom stereocenters. The average Bonchev–Trinajstić information content (AvgIpc) is 2.53. The quantitative estimate of drug-likeness (QED) is 0.622. The van der Waals surface area contributed by atoms with Gasteiger partial charge in [-0.15, -0.1) is 0 Å². The molecule has 0 saturated heterocycles. The van der Waals surface area contributed by atoms with Gasteiger partial charge in [0, 0.05) is 18.1 Å². The zero-order chi connectivity index (χ0) is 8.55. The van der Waals surface area contributed by atoms with Gasteiger partial charge in [-0.3, -0.25) is 0 Å². The summed E-state index contributed by atoms with van der Waals surface area (Å²) in [5, 5.41) is 0. The minimum atomic E-state index is 0.984. The van der Waals surface area contributed by atoms with Crippen molar-refractivity contribution in [2.24, 2.45) is 0 Å². The molecule has 0 aromatic carbocycles. The highest BCUT2D eigenvalue weighted by Crippen LogP contribution is 2.11. The molecule has 0 amide bonds. The molecule has 0 radical (unpaired) electrons. The topological polar surface area (TPSA) is 17.3 Å². The third kappa shape index (κ3) is 0.848. The van der Waals surface area contributed by atoms with E-state index in [4.69, 9.17) is 0 Å². The molecule has 0 saturated carbocycles. The Bertz CT molecular complexity index is 426. The number of pyridine rings is 1. The van der Waals surface area contributed by atoms with Gasteiger partial charge in [-0.05, 0) is 24.6 Å². The van der Waals surface area contributed by atoms with Crippen LogP contribution < -0.4 is 0 Å². The maximum Gasteiger partial charge on any atom is 0.136 e. The van der Waals surface area contributed by atoms with Crippen LogP contribution in [0.3, 0.4) is 0 Å². The van der Waals surface area contributed by atoms with E-state index in [1.807, 2.05) is 24.4 Å². The first-order valence-electron chi connectivity index (χ1n) is 3.88. The highest BCUT2D eigenvalue weighted by Gasteiger charge is 1.99. The largest absolute Gasteiger partial charge is 0.304 e. The van der Waals surface area contributed by atoms with Crippen LogP contribution in [-0.2, 0) is 0 Å². The van der Waals surface area contributed by atoms with E-state index < -0.39 is 0 Å². The van der Waals surface area contributed by atoms with Crippen LogP contribution in [0.5, 0.6) is 0 Å². The summed E-state index contributed by atoms with van der Waals surface area (Å²) < 4.78 is 2.05. The molecule has 0 aliphatic rings. The Labute approximate surface area is 71.2 Å². The number of fused-ring (bicyclic) bond motifs is 1. The van der Waals surface area contributed by atoms with Gasteiger partial charge < -0.3 is 4.40 Å². The van der Waals surface area contributed by atoms with E-state index >= 15 is 0 Å². The highest BCUT2D eigenvalue weighted by molar-refractivity contribution is 5.54. The molecule has 0 bridgehead atoms. The molecule has 0 aliphatic carbocycles. The number of hydrogen-bond donors (Lipinski definition) is 0. The lowest BCUT2D eigenvalue weighted by Crippen LogP contribution is -1.92.